The summed E-state index contributed by atoms with van der Waals surface area (Å²) in [6.45, 7) is 0. The second kappa shape index (κ2) is 8.03. The molecule has 0 saturated heterocycles. The van der Waals surface area contributed by atoms with E-state index in [9.17, 15) is 19.5 Å². The second-order valence-electron chi connectivity index (χ2n) is 5.75. The Morgan fingerprint density at radius 3 is 2.59 bits per heavy atom. The number of para-hydroxylation sites is 2. The van der Waals surface area contributed by atoms with Crippen LogP contribution in [0.3, 0.4) is 0 Å². The molecule has 2 aromatic carbocycles. The van der Waals surface area contributed by atoms with Gasteiger partial charge in [-0.3, -0.25) is 9.59 Å². The van der Waals surface area contributed by atoms with Crippen LogP contribution in [0.25, 0.3) is 5.69 Å². The van der Waals surface area contributed by atoms with E-state index in [4.69, 9.17) is 21.4 Å². The molecule has 1 aromatic heterocycles. The Balaban J connectivity index is 2.01. The Bertz CT molecular complexity index is 1170. The molecule has 29 heavy (non-hydrogen) atoms. The second-order valence-corrected chi connectivity index (χ2v) is 6.16. The number of carbonyl (C=O) groups is 2. The Morgan fingerprint density at radius 1 is 1.17 bits per heavy atom. The number of anilines is 1. The quantitative estimate of drug-likeness (QED) is 0.583. The molecule has 0 bridgehead atoms. The highest BCUT2D eigenvalue weighted by Gasteiger charge is 2.19. The number of nitrogens with one attached hydrogen (secondary N) is 1. The maximum atomic E-state index is 12.6. The molecule has 1 amide bonds. The van der Waals surface area contributed by atoms with Gasteiger partial charge in [-0.2, -0.15) is 9.78 Å². The van der Waals surface area contributed by atoms with Crippen molar-refractivity contribution in [2.45, 2.75) is 0 Å². The van der Waals surface area contributed by atoms with Crippen LogP contribution in [0.4, 0.5) is 5.69 Å². The van der Waals surface area contributed by atoms with Crippen LogP contribution in [0, 0.1) is 0 Å². The summed E-state index contributed by atoms with van der Waals surface area (Å²) in [5, 5.41) is 25.5. The number of halogens is 1. The maximum absolute atomic E-state index is 12.6. The number of aromatic nitrogens is 2. The van der Waals surface area contributed by atoms with Gasteiger partial charge in [0.25, 0.3) is 11.5 Å². The molecule has 0 atom stereocenters. The van der Waals surface area contributed by atoms with Gasteiger partial charge >= 0.3 is 5.97 Å². The third-order valence-corrected chi connectivity index (χ3v) is 4.22. The highest BCUT2D eigenvalue weighted by Crippen LogP contribution is 2.23. The first-order valence-corrected chi connectivity index (χ1v) is 8.50. The smallest absolute Gasteiger partial charge is 0.337 e. The van der Waals surface area contributed by atoms with Gasteiger partial charge in [0.05, 0.1) is 17.7 Å². The highest BCUT2D eigenvalue weighted by molar-refractivity contribution is 6.33. The van der Waals surface area contributed by atoms with Gasteiger partial charge in [0, 0.05) is 11.8 Å². The van der Waals surface area contributed by atoms with Gasteiger partial charge in [-0.05, 0) is 30.3 Å². The lowest BCUT2D eigenvalue weighted by atomic mass is 10.2. The number of aromatic carboxylic acids is 1. The van der Waals surface area contributed by atoms with Gasteiger partial charge in [-0.15, -0.1) is 0 Å². The molecular formula is C19H14ClN3O6. The fraction of sp³-hybridized carbons (Fsp3) is 0.0526. The van der Waals surface area contributed by atoms with E-state index < -0.39 is 28.9 Å². The van der Waals surface area contributed by atoms with Gasteiger partial charge in [0.2, 0.25) is 0 Å². The minimum absolute atomic E-state index is 0.00111. The van der Waals surface area contributed by atoms with Gasteiger partial charge in [0.15, 0.2) is 11.4 Å². The van der Waals surface area contributed by atoms with E-state index in [0.29, 0.717) is 5.75 Å². The third-order valence-electron chi connectivity index (χ3n) is 3.89. The molecule has 0 spiro atoms. The lowest BCUT2D eigenvalue weighted by Crippen LogP contribution is -2.25. The minimum Gasteiger partial charge on any atom is -0.505 e. The average Bonchev–Trinajstić information content (AvgIpc) is 2.69. The van der Waals surface area contributed by atoms with Crippen molar-refractivity contribution >= 4 is 29.2 Å². The van der Waals surface area contributed by atoms with Crippen LogP contribution in [0.1, 0.15) is 20.8 Å². The number of carbonyl (C=O) groups excluding carboxylic acids is 1. The molecule has 0 fully saturated rings. The average molecular weight is 416 g/mol. The fourth-order valence-electron chi connectivity index (χ4n) is 2.54. The SMILES string of the molecule is COc1ccccc1-n1nc(C(=O)Nc2ccc(Cl)c(C(=O)O)c2)c(O)cc1=O. The Morgan fingerprint density at radius 2 is 1.90 bits per heavy atom. The van der Waals surface area contributed by atoms with Crippen molar-refractivity contribution in [1.29, 1.82) is 0 Å². The molecule has 3 N–H and O–H groups in total. The molecule has 0 aliphatic rings. The normalized spacial score (nSPS) is 10.4. The van der Waals surface area contributed by atoms with E-state index in [0.717, 1.165) is 16.8 Å². The van der Waals surface area contributed by atoms with E-state index in [1.54, 1.807) is 24.3 Å². The first-order valence-electron chi connectivity index (χ1n) is 8.12. The van der Waals surface area contributed by atoms with Gasteiger partial charge < -0.3 is 20.3 Å². The molecule has 148 valence electrons. The summed E-state index contributed by atoms with van der Waals surface area (Å²) in [6.07, 6.45) is 0. The number of nitrogens with zero attached hydrogens (tertiary/aromatic N) is 2. The molecule has 3 rings (SSSR count). The zero-order valence-corrected chi connectivity index (χ0v) is 15.7. The van der Waals surface area contributed by atoms with Crippen LogP contribution >= 0.6 is 11.6 Å². The van der Waals surface area contributed by atoms with Crippen molar-refractivity contribution in [2.75, 3.05) is 12.4 Å². The minimum atomic E-state index is -1.27. The van der Waals surface area contributed by atoms with E-state index in [2.05, 4.69) is 10.4 Å². The summed E-state index contributed by atoms with van der Waals surface area (Å²) in [5.74, 6) is -2.42. The van der Waals surface area contributed by atoms with Crippen molar-refractivity contribution in [1.82, 2.24) is 9.78 Å². The third kappa shape index (κ3) is 4.04. The molecule has 0 saturated carbocycles. The summed E-state index contributed by atoms with van der Waals surface area (Å²) >= 11 is 5.81. The first kappa shape index (κ1) is 19.9. The highest BCUT2D eigenvalue weighted by atomic mass is 35.5. The lowest BCUT2D eigenvalue weighted by Gasteiger charge is -2.12. The number of ether oxygens (including phenoxy) is 1. The summed E-state index contributed by atoms with van der Waals surface area (Å²) in [5.41, 5.74) is -0.937. The molecule has 3 aromatic rings. The first-order chi connectivity index (χ1) is 13.8. The topological polar surface area (TPSA) is 131 Å². The molecule has 9 nitrogen and oxygen atoms in total. The zero-order chi connectivity index (χ0) is 21.1. The molecule has 1 heterocycles. The van der Waals surface area contributed by atoms with Gasteiger partial charge in [-0.1, -0.05) is 23.7 Å². The van der Waals surface area contributed by atoms with E-state index in [1.807, 2.05) is 0 Å². The van der Waals surface area contributed by atoms with Gasteiger partial charge in [-0.25, -0.2) is 4.79 Å². The fourth-order valence-corrected chi connectivity index (χ4v) is 2.74. The zero-order valence-electron chi connectivity index (χ0n) is 14.9. The van der Waals surface area contributed by atoms with Crippen molar-refractivity contribution in [2.24, 2.45) is 0 Å². The maximum Gasteiger partial charge on any atom is 0.337 e. The molecule has 0 unspecified atom stereocenters. The van der Waals surface area contributed by atoms with E-state index in [-0.39, 0.29) is 22.0 Å². The van der Waals surface area contributed by atoms with Crippen LogP contribution in [0.2, 0.25) is 5.02 Å². The van der Waals surface area contributed by atoms with Crippen LogP contribution in [0.5, 0.6) is 11.5 Å². The Hall–Kier alpha value is -3.85. The van der Waals surface area contributed by atoms with Crippen molar-refractivity contribution < 1.29 is 24.5 Å². The standard InChI is InChI=1S/C19H14ClN3O6/c1-29-15-5-3-2-4-13(15)23-16(25)9-14(24)17(22-23)18(26)21-10-6-7-12(20)11(8-10)19(27)28/h2-9,24H,1H3,(H,21,26)(H,27,28). The van der Waals surface area contributed by atoms with Crippen molar-refractivity contribution in [3.05, 3.63) is 75.2 Å². The number of aromatic hydroxyl groups is 1. The number of rotatable bonds is 5. The molecular weight excluding hydrogens is 402 g/mol. The summed E-state index contributed by atoms with van der Waals surface area (Å²) in [7, 11) is 1.42. The number of carboxylic acid groups (broad SMARTS) is 1. The van der Waals surface area contributed by atoms with Crippen LogP contribution in [-0.4, -0.2) is 39.0 Å². The Labute approximate surface area is 168 Å². The lowest BCUT2D eigenvalue weighted by molar-refractivity contribution is 0.0696. The summed E-state index contributed by atoms with van der Waals surface area (Å²) in [4.78, 5) is 36.0. The number of benzene rings is 2. The predicted molar refractivity (Wildman–Crippen MR) is 104 cm³/mol. The van der Waals surface area contributed by atoms with Gasteiger partial charge in [0.1, 0.15) is 11.4 Å². The van der Waals surface area contributed by atoms with Crippen LogP contribution in [-0.2, 0) is 0 Å². The number of hydrogen-bond acceptors (Lipinski definition) is 6. The summed E-state index contributed by atoms with van der Waals surface area (Å²) in [6, 6.07) is 11.2. The number of hydrogen-bond donors (Lipinski definition) is 3. The molecule has 0 aliphatic carbocycles. The van der Waals surface area contributed by atoms with Crippen molar-refractivity contribution in [3.63, 3.8) is 0 Å². The van der Waals surface area contributed by atoms with Crippen molar-refractivity contribution in [3.8, 4) is 17.2 Å². The molecule has 0 radical (unpaired) electrons. The Kier molecular flexibility index (Phi) is 5.51. The monoisotopic (exact) mass is 415 g/mol. The predicted octanol–water partition coefficient (Wildman–Crippen LogP) is 2.55. The molecule has 10 heteroatoms. The van der Waals surface area contributed by atoms with E-state index in [1.165, 1.54) is 19.2 Å². The van der Waals surface area contributed by atoms with Crippen LogP contribution in [0.15, 0.2) is 53.3 Å². The summed E-state index contributed by atoms with van der Waals surface area (Å²) < 4.78 is 6.11. The number of carboxylic acids is 1. The number of methoxy groups -OCH3 is 1. The van der Waals surface area contributed by atoms with Crippen LogP contribution < -0.4 is 15.6 Å². The largest absolute Gasteiger partial charge is 0.505 e. The number of amides is 1. The van der Waals surface area contributed by atoms with E-state index >= 15 is 0 Å². The molecule has 0 aliphatic heterocycles.